The van der Waals surface area contributed by atoms with Crippen LogP contribution in [0.4, 0.5) is 0 Å². The highest BCUT2D eigenvalue weighted by molar-refractivity contribution is 7.98. The van der Waals surface area contributed by atoms with Gasteiger partial charge in [0.1, 0.15) is 5.75 Å². The van der Waals surface area contributed by atoms with E-state index in [1.54, 1.807) is 6.07 Å². The normalized spacial score (nSPS) is 11.4. The van der Waals surface area contributed by atoms with E-state index in [4.69, 9.17) is 0 Å². The Morgan fingerprint density at radius 1 is 1.11 bits per heavy atom. The van der Waals surface area contributed by atoms with E-state index in [1.165, 1.54) is 23.9 Å². The van der Waals surface area contributed by atoms with E-state index in [-0.39, 0.29) is 10.6 Å². The van der Waals surface area contributed by atoms with Gasteiger partial charge in [-0.2, -0.15) is 0 Å². The van der Waals surface area contributed by atoms with E-state index in [0.29, 0.717) is 4.90 Å². The second-order valence-corrected chi connectivity index (χ2v) is 7.21. The molecule has 1 N–H and O–H groups in total. The third-order valence-electron chi connectivity index (χ3n) is 2.60. The number of rotatable bonds is 4. The summed E-state index contributed by atoms with van der Waals surface area (Å²) < 4.78 is 22.7. The number of sulfone groups is 1. The fourth-order valence-corrected chi connectivity index (χ4v) is 3.11. The van der Waals surface area contributed by atoms with Crippen LogP contribution in [-0.2, 0) is 15.6 Å². The molecule has 0 heterocycles. The van der Waals surface area contributed by atoms with Crippen molar-refractivity contribution >= 4 is 21.6 Å². The number of phenolic OH excluding ortho intramolecular Hbond substituents is 1. The summed E-state index contributed by atoms with van der Waals surface area (Å²) in [5.74, 6) is 0.732. The van der Waals surface area contributed by atoms with Gasteiger partial charge in [0.15, 0.2) is 9.84 Å². The fraction of sp³-hybridized carbons (Fsp3) is 0.143. The lowest BCUT2D eigenvalue weighted by Gasteiger charge is -2.06. The van der Waals surface area contributed by atoms with Crippen molar-refractivity contribution in [2.24, 2.45) is 0 Å². The second kappa shape index (κ2) is 5.67. The molecule has 2 aromatic carbocycles. The molecule has 0 atom stereocenters. The molecular formula is C14H14O3S2. The largest absolute Gasteiger partial charge is 0.507 e. The fourth-order valence-electron chi connectivity index (χ4n) is 1.59. The van der Waals surface area contributed by atoms with Crippen molar-refractivity contribution in [2.45, 2.75) is 15.5 Å². The molecule has 0 bridgehead atoms. The van der Waals surface area contributed by atoms with Crippen molar-refractivity contribution in [3.05, 3.63) is 54.1 Å². The summed E-state index contributed by atoms with van der Waals surface area (Å²) in [6.07, 6.45) is 1.12. The monoisotopic (exact) mass is 294 g/mol. The minimum atomic E-state index is -3.28. The average Bonchev–Trinajstić information content (AvgIpc) is 2.37. The molecule has 5 heteroatoms. The van der Waals surface area contributed by atoms with Crippen LogP contribution in [0.15, 0.2) is 58.3 Å². The number of benzene rings is 2. The summed E-state index contributed by atoms with van der Waals surface area (Å²) in [4.78, 5) is 0.810. The summed E-state index contributed by atoms with van der Waals surface area (Å²) in [6.45, 7) is 0. The molecule has 0 aromatic heterocycles. The van der Waals surface area contributed by atoms with Gasteiger partial charge in [-0.25, -0.2) is 8.42 Å². The molecule has 0 amide bonds. The first kappa shape index (κ1) is 14.0. The zero-order valence-electron chi connectivity index (χ0n) is 10.4. The van der Waals surface area contributed by atoms with Gasteiger partial charge in [-0.15, -0.1) is 11.8 Å². The molecule has 0 aliphatic heterocycles. The number of phenols is 1. The predicted octanol–water partition coefficient (Wildman–Crippen LogP) is 3.09. The van der Waals surface area contributed by atoms with E-state index < -0.39 is 9.84 Å². The van der Waals surface area contributed by atoms with Crippen molar-refractivity contribution in [3.8, 4) is 5.75 Å². The van der Waals surface area contributed by atoms with Crippen molar-refractivity contribution in [3.63, 3.8) is 0 Å². The molecule has 0 spiro atoms. The molecule has 0 saturated heterocycles. The Balaban J connectivity index is 2.14. The van der Waals surface area contributed by atoms with Gasteiger partial charge in [-0.3, -0.25) is 0 Å². The first-order chi connectivity index (χ1) is 8.97. The third kappa shape index (κ3) is 3.75. The Hall–Kier alpha value is -1.46. The maximum absolute atomic E-state index is 11.4. The molecule has 0 saturated carbocycles. The van der Waals surface area contributed by atoms with Crippen molar-refractivity contribution in [1.29, 1.82) is 0 Å². The number of hydrogen-bond acceptors (Lipinski definition) is 4. The molecule has 2 aromatic rings. The van der Waals surface area contributed by atoms with E-state index in [0.717, 1.165) is 17.6 Å². The van der Waals surface area contributed by atoms with Crippen molar-refractivity contribution in [2.75, 3.05) is 6.26 Å². The first-order valence-electron chi connectivity index (χ1n) is 5.66. The van der Waals surface area contributed by atoms with E-state index in [9.17, 15) is 13.5 Å². The van der Waals surface area contributed by atoms with E-state index >= 15 is 0 Å². The number of thioether (sulfide) groups is 1. The highest BCUT2D eigenvalue weighted by Gasteiger charge is 2.10. The lowest BCUT2D eigenvalue weighted by atomic mass is 10.2. The van der Waals surface area contributed by atoms with Crippen LogP contribution >= 0.6 is 11.8 Å². The van der Waals surface area contributed by atoms with Crippen LogP contribution in [0.1, 0.15) is 5.56 Å². The lowest BCUT2D eigenvalue weighted by molar-refractivity contribution is 0.460. The van der Waals surface area contributed by atoms with E-state index in [2.05, 4.69) is 0 Å². The highest BCUT2D eigenvalue weighted by Crippen LogP contribution is 2.32. The molecule has 2 rings (SSSR count). The molecular weight excluding hydrogens is 280 g/mol. The van der Waals surface area contributed by atoms with Crippen LogP contribution in [0.5, 0.6) is 5.75 Å². The molecule has 19 heavy (non-hydrogen) atoms. The zero-order valence-corrected chi connectivity index (χ0v) is 12.0. The third-order valence-corrected chi connectivity index (χ3v) is 4.84. The summed E-state index contributed by atoms with van der Waals surface area (Å²) in [5.41, 5.74) is 1.15. The minimum absolute atomic E-state index is 0.00357. The molecule has 0 unspecified atom stereocenters. The van der Waals surface area contributed by atoms with Crippen molar-refractivity contribution < 1.29 is 13.5 Å². The molecule has 0 aliphatic rings. The standard InChI is InChI=1S/C14H14O3S2/c1-19(16,17)12-7-8-14(13(15)9-12)18-10-11-5-3-2-4-6-11/h2-9,15H,10H2,1H3. The van der Waals surface area contributed by atoms with Crippen LogP contribution < -0.4 is 0 Å². The molecule has 0 radical (unpaired) electrons. The Labute approximate surface area is 117 Å². The quantitative estimate of drug-likeness (QED) is 0.880. The van der Waals surface area contributed by atoms with Gasteiger partial charge < -0.3 is 5.11 Å². The Kier molecular flexibility index (Phi) is 4.17. The Bertz CT molecular complexity index is 664. The van der Waals surface area contributed by atoms with E-state index in [1.807, 2.05) is 30.3 Å². The smallest absolute Gasteiger partial charge is 0.175 e. The SMILES string of the molecule is CS(=O)(=O)c1ccc(SCc2ccccc2)c(O)c1. The van der Waals surface area contributed by atoms with Gasteiger partial charge in [0, 0.05) is 16.9 Å². The topological polar surface area (TPSA) is 54.4 Å². The van der Waals surface area contributed by atoms with Crippen LogP contribution in [0.2, 0.25) is 0 Å². The lowest BCUT2D eigenvalue weighted by Crippen LogP contribution is -1.96. The maximum Gasteiger partial charge on any atom is 0.175 e. The summed E-state index contributed by atoms with van der Waals surface area (Å²) in [5, 5.41) is 9.85. The van der Waals surface area contributed by atoms with Crippen LogP contribution in [0.3, 0.4) is 0 Å². The summed E-state index contributed by atoms with van der Waals surface area (Å²) in [6, 6.07) is 14.3. The molecule has 0 fully saturated rings. The molecule has 0 aliphatic carbocycles. The predicted molar refractivity (Wildman–Crippen MR) is 77.2 cm³/mol. The van der Waals surface area contributed by atoms with Crippen molar-refractivity contribution in [1.82, 2.24) is 0 Å². The highest BCUT2D eigenvalue weighted by atomic mass is 32.2. The van der Waals surface area contributed by atoms with Gasteiger partial charge >= 0.3 is 0 Å². The average molecular weight is 294 g/mol. The van der Waals surface area contributed by atoms with Crippen LogP contribution in [0, 0.1) is 0 Å². The van der Waals surface area contributed by atoms with Gasteiger partial charge in [-0.1, -0.05) is 30.3 Å². The maximum atomic E-state index is 11.4. The van der Waals surface area contributed by atoms with Crippen LogP contribution in [-0.4, -0.2) is 19.8 Å². The molecule has 100 valence electrons. The zero-order chi connectivity index (χ0) is 13.9. The second-order valence-electron chi connectivity index (χ2n) is 4.18. The van der Waals surface area contributed by atoms with Crippen LogP contribution in [0.25, 0.3) is 0 Å². The van der Waals surface area contributed by atoms with Gasteiger partial charge in [0.05, 0.1) is 4.90 Å². The molecule has 3 nitrogen and oxygen atoms in total. The Morgan fingerprint density at radius 2 is 1.79 bits per heavy atom. The van der Waals surface area contributed by atoms with Gasteiger partial charge in [-0.05, 0) is 23.8 Å². The number of aromatic hydroxyl groups is 1. The summed E-state index contributed by atoms with van der Waals surface area (Å²) >= 11 is 1.47. The summed E-state index contributed by atoms with van der Waals surface area (Å²) in [7, 11) is -3.28. The first-order valence-corrected chi connectivity index (χ1v) is 8.54. The van der Waals surface area contributed by atoms with Gasteiger partial charge in [0.25, 0.3) is 0 Å². The Morgan fingerprint density at radius 3 is 2.37 bits per heavy atom. The minimum Gasteiger partial charge on any atom is -0.507 e. The number of hydrogen-bond donors (Lipinski definition) is 1. The van der Waals surface area contributed by atoms with Gasteiger partial charge in [0.2, 0.25) is 0 Å².